The highest BCUT2D eigenvalue weighted by molar-refractivity contribution is 5.44. The van der Waals surface area contributed by atoms with E-state index in [1.807, 2.05) is 60.7 Å². The Morgan fingerprint density at radius 1 is 0.765 bits per heavy atom. The molecule has 0 radical (unpaired) electrons. The zero-order valence-corrected chi connectivity index (χ0v) is 19.1. The second kappa shape index (κ2) is 10.6. The fraction of sp³-hybridized carbons (Fsp3) is 0.200. The van der Waals surface area contributed by atoms with Crippen LogP contribution >= 0.6 is 0 Å². The molecule has 2 unspecified atom stereocenters. The van der Waals surface area contributed by atoms with Crippen LogP contribution in [0.25, 0.3) is 0 Å². The van der Waals surface area contributed by atoms with Crippen molar-refractivity contribution in [3.8, 4) is 11.5 Å². The third-order valence-corrected chi connectivity index (χ3v) is 6.28. The second-order valence-corrected chi connectivity index (χ2v) is 8.68. The van der Waals surface area contributed by atoms with Gasteiger partial charge in [0.25, 0.3) is 0 Å². The molecule has 0 spiro atoms. The van der Waals surface area contributed by atoms with Crippen LogP contribution in [0, 0.1) is 0 Å². The van der Waals surface area contributed by atoms with Gasteiger partial charge in [-0.05, 0) is 52.1 Å². The van der Waals surface area contributed by atoms with Gasteiger partial charge in [-0.3, -0.25) is 5.32 Å². The lowest BCUT2D eigenvalue weighted by atomic mass is 9.88. The summed E-state index contributed by atoms with van der Waals surface area (Å²) in [5.74, 6) is 1.24. The fourth-order valence-electron chi connectivity index (χ4n) is 4.45. The predicted molar refractivity (Wildman–Crippen MR) is 134 cm³/mol. The molecule has 0 fully saturated rings. The van der Waals surface area contributed by atoms with Crippen molar-refractivity contribution in [1.82, 2.24) is 5.32 Å². The molecule has 0 saturated carbocycles. The molecule has 4 heteroatoms. The van der Waals surface area contributed by atoms with Crippen LogP contribution in [0.15, 0.2) is 103 Å². The number of fused-ring (bicyclic) bond motifs is 1. The van der Waals surface area contributed by atoms with Gasteiger partial charge in [0.2, 0.25) is 0 Å². The molecule has 0 bridgehead atoms. The highest BCUT2D eigenvalue weighted by Crippen LogP contribution is 2.33. The summed E-state index contributed by atoms with van der Waals surface area (Å²) in [6.07, 6.45) is 0.652. The first-order chi connectivity index (χ1) is 16.7. The summed E-state index contributed by atoms with van der Waals surface area (Å²) in [4.78, 5) is 0. The lowest BCUT2D eigenvalue weighted by molar-refractivity contribution is 0.0196. The smallest absolute Gasteiger partial charge is 0.119 e. The average molecular weight is 452 g/mol. The van der Waals surface area contributed by atoms with Crippen LogP contribution in [-0.4, -0.2) is 17.9 Å². The molecule has 0 aliphatic carbocycles. The Labute approximate surface area is 200 Å². The van der Waals surface area contributed by atoms with Crippen LogP contribution in [0.2, 0.25) is 0 Å². The fourth-order valence-corrected chi connectivity index (χ4v) is 4.45. The molecule has 5 rings (SSSR count). The average Bonchev–Trinajstić information content (AvgIpc) is 3.07. The van der Waals surface area contributed by atoms with Gasteiger partial charge in [-0.25, -0.2) is 0 Å². The molecule has 1 heterocycles. The molecule has 0 saturated heterocycles. The van der Waals surface area contributed by atoms with Gasteiger partial charge >= 0.3 is 0 Å². The van der Waals surface area contributed by atoms with E-state index in [0.717, 1.165) is 35.4 Å². The maximum absolute atomic E-state index is 10.2. The van der Waals surface area contributed by atoms with Crippen molar-refractivity contribution >= 4 is 0 Å². The van der Waals surface area contributed by atoms with Crippen LogP contribution in [0.1, 0.15) is 33.7 Å². The molecule has 4 aromatic rings. The Balaban J connectivity index is 1.31. The van der Waals surface area contributed by atoms with Crippen molar-refractivity contribution < 1.29 is 14.6 Å². The van der Waals surface area contributed by atoms with Crippen LogP contribution in [0.5, 0.6) is 11.5 Å². The lowest BCUT2D eigenvalue weighted by Crippen LogP contribution is -2.34. The van der Waals surface area contributed by atoms with E-state index in [4.69, 9.17) is 9.47 Å². The molecule has 172 valence electrons. The van der Waals surface area contributed by atoms with Gasteiger partial charge in [0, 0.05) is 18.9 Å². The van der Waals surface area contributed by atoms with Crippen molar-refractivity contribution in [3.63, 3.8) is 0 Å². The summed E-state index contributed by atoms with van der Waals surface area (Å²) < 4.78 is 12.2. The number of rotatable bonds is 7. The lowest BCUT2D eigenvalue weighted by Gasteiger charge is -2.20. The van der Waals surface area contributed by atoms with Crippen LogP contribution in [0.4, 0.5) is 0 Å². The summed E-state index contributed by atoms with van der Waals surface area (Å²) in [6.45, 7) is 1.83. The highest BCUT2D eigenvalue weighted by atomic mass is 16.5. The number of phenolic OH excluding ortho intramolecular Hbond substituents is 1. The first-order valence-electron chi connectivity index (χ1n) is 11.7. The Morgan fingerprint density at radius 3 is 2.15 bits per heavy atom. The molecule has 1 aliphatic rings. The second-order valence-electron chi connectivity index (χ2n) is 8.68. The van der Waals surface area contributed by atoms with E-state index >= 15 is 0 Å². The molecule has 1 aliphatic heterocycles. The Hall–Kier alpha value is -3.60. The standard InChI is InChI=1S/C30H29NO3/c32-26-14-11-25-17-30(34-21-23-9-5-2-6-10-23)31-19-29(28(25)18-26)24-12-15-27(16-13-24)33-20-22-7-3-1-4-8-22/h1-16,18,29-32H,17,19-21H2. The van der Waals surface area contributed by atoms with E-state index in [0.29, 0.717) is 13.2 Å². The summed E-state index contributed by atoms with van der Waals surface area (Å²) >= 11 is 0. The van der Waals surface area contributed by atoms with Gasteiger partial charge in [-0.2, -0.15) is 0 Å². The van der Waals surface area contributed by atoms with E-state index in [1.54, 1.807) is 6.07 Å². The maximum atomic E-state index is 10.2. The highest BCUT2D eigenvalue weighted by Gasteiger charge is 2.25. The van der Waals surface area contributed by atoms with Crippen molar-refractivity contribution in [2.24, 2.45) is 0 Å². The van der Waals surface area contributed by atoms with Gasteiger partial charge in [0.15, 0.2) is 0 Å². The quantitative estimate of drug-likeness (QED) is 0.373. The number of nitrogens with one attached hydrogen (secondary N) is 1. The molecule has 4 aromatic carbocycles. The van der Waals surface area contributed by atoms with E-state index < -0.39 is 0 Å². The van der Waals surface area contributed by atoms with Crippen molar-refractivity contribution in [1.29, 1.82) is 0 Å². The van der Waals surface area contributed by atoms with Crippen molar-refractivity contribution in [3.05, 3.63) is 131 Å². The third kappa shape index (κ3) is 5.48. The Bertz CT molecular complexity index is 1190. The van der Waals surface area contributed by atoms with Gasteiger partial charge < -0.3 is 14.6 Å². The minimum atomic E-state index is -0.0954. The number of aromatic hydroxyl groups is 1. The molecule has 34 heavy (non-hydrogen) atoms. The van der Waals surface area contributed by atoms with E-state index in [9.17, 15) is 5.11 Å². The van der Waals surface area contributed by atoms with Crippen molar-refractivity contribution in [2.75, 3.05) is 6.54 Å². The SMILES string of the molecule is Oc1ccc2c(c1)C(c1ccc(OCc3ccccc3)cc1)CNC(OCc1ccccc1)C2. The minimum Gasteiger partial charge on any atom is -0.508 e. The first kappa shape index (κ1) is 22.2. The van der Waals surface area contributed by atoms with Crippen molar-refractivity contribution in [2.45, 2.75) is 31.8 Å². The summed E-state index contributed by atoms with van der Waals surface area (Å²) in [6, 6.07) is 34.3. The third-order valence-electron chi connectivity index (χ3n) is 6.28. The molecule has 0 aromatic heterocycles. The largest absolute Gasteiger partial charge is 0.508 e. The monoisotopic (exact) mass is 451 g/mol. The van der Waals surface area contributed by atoms with Gasteiger partial charge in [-0.1, -0.05) is 78.9 Å². The first-order valence-corrected chi connectivity index (χ1v) is 11.7. The number of ether oxygens (including phenoxy) is 2. The van der Waals surface area contributed by atoms with E-state index in [-0.39, 0.29) is 17.9 Å². The van der Waals surface area contributed by atoms with Gasteiger partial charge in [0.05, 0.1) is 6.61 Å². The molecule has 0 amide bonds. The number of benzene rings is 4. The maximum Gasteiger partial charge on any atom is 0.119 e. The molecule has 4 nitrogen and oxygen atoms in total. The number of hydrogen-bond donors (Lipinski definition) is 2. The molecule has 2 N–H and O–H groups in total. The molecular weight excluding hydrogens is 422 g/mol. The van der Waals surface area contributed by atoms with E-state index in [1.165, 1.54) is 11.1 Å². The molecular formula is C30H29NO3. The minimum absolute atomic E-state index is 0.0954. The predicted octanol–water partition coefficient (Wildman–Crippen LogP) is 5.79. The summed E-state index contributed by atoms with van der Waals surface area (Å²) in [5.41, 5.74) is 5.80. The normalized spacial score (nSPS) is 17.5. The number of hydrogen-bond acceptors (Lipinski definition) is 4. The van der Waals surface area contributed by atoms with E-state index in [2.05, 4.69) is 41.7 Å². The number of phenols is 1. The topological polar surface area (TPSA) is 50.7 Å². The Morgan fingerprint density at radius 2 is 1.44 bits per heavy atom. The summed E-state index contributed by atoms with van der Waals surface area (Å²) in [5, 5.41) is 13.8. The van der Waals surface area contributed by atoms with Gasteiger partial charge in [0.1, 0.15) is 24.3 Å². The Kier molecular flexibility index (Phi) is 6.89. The van der Waals surface area contributed by atoms with Crippen LogP contribution in [-0.2, 0) is 24.4 Å². The zero-order chi connectivity index (χ0) is 23.2. The summed E-state index contributed by atoms with van der Waals surface area (Å²) in [7, 11) is 0. The molecule has 2 atom stereocenters. The zero-order valence-electron chi connectivity index (χ0n) is 19.1. The van der Waals surface area contributed by atoms with Gasteiger partial charge in [-0.15, -0.1) is 0 Å². The van der Waals surface area contributed by atoms with Crippen LogP contribution in [0.3, 0.4) is 0 Å². The van der Waals surface area contributed by atoms with Crippen LogP contribution < -0.4 is 10.1 Å².